The average molecular weight is 289 g/mol. The Kier molecular flexibility index (Phi) is 4.12. The van der Waals surface area contributed by atoms with Gasteiger partial charge in [0.1, 0.15) is 0 Å². The minimum atomic E-state index is -0.524. The number of piperazine rings is 1. The first-order chi connectivity index (χ1) is 10.1. The summed E-state index contributed by atoms with van der Waals surface area (Å²) in [7, 11) is 0. The van der Waals surface area contributed by atoms with Crippen LogP contribution in [0.2, 0.25) is 0 Å². The monoisotopic (exact) mass is 289 g/mol. The third-order valence-electron chi connectivity index (χ3n) is 4.49. The van der Waals surface area contributed by atoms with Gasteiger partial charge in [-0.05, 0) is 44.0 Å². The second kappa shape index (κ2) is 6.03. The van der Waals surface area contributed by atoms with Crippen molar-refractivity contribution in [3.8, 4) is 0 Å². The number of aliphatic hydroxyl groups excluding tert-OH is 1. The predicted octanol–water partition coefficient (Wildman–Crippen LogP) is 2.05. The number of amides is 2. The van der Waals surface area contributed by atoms with Gasteiger partial charge in [0.05, 0.1) is 6.10 Å². The maximum absolute atomic E-state index is 12.4. The molecule has 2 aliphatic rings. The van der Waals surface area contributed by atoms with Crippen molar-refractivity contribution in [3.63, 3.8) is 0 Å². The van der Waals surface area contributed by atoms with Gasteiger partial charge >= 0.3 is 6.03 Å². The SMILES string of the molecule is CC(O)c1cccc(NC(=O)N2CCN3CCCC3C2)c1. The summed E-state index contributed by atoms with van der Waals surface area (Å²) in [4.78, 5) is 16.8. The lowest BCUT2D eigenvalue weighted by atomic mass is 10.1. The Balaban J connectivity index is 1.62. The first-order valence-corrected chi connectivity index (χ1v) is 7.71. The zero-order valence-corrected chi connectivity index (χ0v) is 12.5. The first kappa shape index (κ1) is 14.4. The van der Waals surface area contributed by atoms with Gasteiger partial charge in [0.15, 0.2) is 0 Å². The van der Waals surface area contributed by atoms with Crippen LogP contribution in [0.15, 0.2) is 24.3 Å². The maximum atomic E-state index is 12.4. The molecule has 0 saturated carbocycles. The summed E-state index contributed by atoms with van der Waals surface area (Å²) in [6.07, 6.45) is 1.92. The van der Waals surface area contributed by atoms with E-state index < -0.39 is 6.10 Å². The smallest absolute Gasteiger partial charge is 0.321 e. The fraction of sp³-hybridized carbons (Fsp3) is 0.562. The molecule has 21 heavy (non-hydrogen) atoms. The maximum Gasteiger partial charge on any atom is 0.321 e. The number of urea groups is 1. The van der Waals surface area contributed by atoms with Gasteiger partial charge in [0.2, 0.25) is 0 Å². The standard InChI is InChI=1S/C16H23N3O2/c1-12(20)13-4-2-5-14(10-13)17-16(21)19-9-8-18-7-3-6-15(18)11-19/h2,4-5,10,12,15,20H,3,6-9,11H2,1H3,(H,17,21). The molecular weight excluding hydrogens is 266 g/mol. The molecule has 0 bridgehead atoms. The Morgan fingerprint density at radius 3 is 3.05 bits per heavy atom. The number of carbonyl (C=O) groups is 1. The van der Waals surface area contributed by atoms with Crippen LogP contribution >= 0.6 is 0 Å². The zero-order chi connectivity index (χ0) is 14.8. The Labute approximate surface area is 125 Å². The molecule has 1 aromatic carbocycles. The molecule has 0 radical (unpaired) electrons. The molecule has 0 spiro atoms. The number of aliphatic hydroxyl groups is 1. The summed E-state index contributed by atoms with van der Waals surface area (Å²) in [5.74, 6) is 0. The highest BCUT2D eigenvalue weighted by Gasteiger charge is 2.32. The van der Waals surface area contributed by atoms with Crippen LogP contribution in [-0.2, 0) is 0 Å². The van der Waals surface area contributed by atoms with Crippen molar-refractivity contribution in [3.05, 3.63) is 29.8 Å². The number of fused-ring (bicyclic) bond motifs is 1. The summed E-state index contributed by atoms with van der Waals surface area (Å²) in [6, 6.07) is 7.89. The topological polar surface area (TPSA) is 55.8 Å². The molecule has 3 rings (SSSR count). The molecule has 2 N–H and O–H groups in total. The van der Waals surface area contributed by atoms with E-state index in [1.807, 2.05) is 29.2 Å². The van der Waals surface area contributed by atoms with E-state index in [0.29, 0.717) is 6.04 Å². The van der Waals surface area contributed by atoms with Crippen LogP contribution in [0.4, 0.5) is 10.5 Å². The van der Waals surface area contributed by atoms with Crippen LogP contribution in [0, 0.1) is 0 Å². The van der Waals surface area contributed by atoms with Crippen molar-refractivity contribution in [1.82, 2.24) is 9.80 Å². The van der Waals surface area contributed by atoms with E-state index in [9.17, 15) is 9.90 Å². The summed E-state index contributed by atoms with van der Waals surface area (Å²) in [5, 5.41) is 12.5. The third kappa shape index (κ3) is 3.19. The van der Waals surface area contributed by atoms with E-state index in [-0.39, 0.29) is 6.03 Å². The van der Waals surface area contributed by atoms with E-state index >= 15 is 0 Å². The lowest BCUT2D eigenvalue weighted by Crippen LogP contribution is -2.53. The molecule has 0 aromatic heterocycles. The lowest BCUT2D eigenvalue weighted by Gasteiger charge is -2.37. The fourth-order valence-electron chi connectivity index (χ4n) is 3.25. The number of benzene rings is 1. The number of hydrogen-bond acceptors (Lipinski definition) is 3. The molecule has 0 aliphatic carbocycles. The number of nitrogens with zero attached hydrogens (tertiary/aromatic N) is 2. The molecule has 2 fully saturated rings. The van der Waals surface area contributed by atoms with Crippen molar-refractivity contribution in [2.24, 2.45) is 0 Å². The quantitative estimate of drug-likeness (QED) is 0.876. The second-order valence-corrected chi connectivity index (χ2v) is 6.01. The highest BCUT2D eigenvalue weighted by atomic mass is 16.3. The third-order valence-corrected chi connectivity index (χ3v) is 4.49. The largest absolute Gasteiger partial charge is 0.389 e. The molecule has 114 valence electrons. The molecule has 2 saturated heterocycles. The molecule has 2 amide bonds. The molecule has 2 atom stereocenters. The van der Waals surface area contributed by atoms with E-state index in [4.69, 9.17) is 0 Å². The first-order valence-electron chi connectivity index (χ1n) is 7.71. The summed E-state index contributed by atoms with van der Waals surface area (Å²) >= 11 is 0. The Hall–Kier alpha value is -1.59. The number of hydrogen-bond donors (Lipinski definition) is 2. The van der Waals surface area contributed by atoms with Crippen LogP contribution in [0.5, 0.6) is 0 Å². The Morgan fingerprint density at radius 2 is 2.24 bits per heavy atom. The molecule has 1 aromatic rings. The Morgan fingerprint density at radius 1 is 1.38 bits per heavy atom. The number of rotatable bonds is 2. The number of carbonyl (C=O) groups excluding carboxylic acids is 1. The second-order valence-electron chi connectivity index (χ2n) is 6.01. The Bertz CT molecular complexity index is 518. The normalized spacial score (nSPS) is 23.7. The van der Waals surface area contributed by atoms with Gasteiger partial charge in [-0.15, -0.1) is 0 Å². The van der Waals surface area contributed by atoms with E-state index in [0.717, 1.165) is 30.9 Å². The van der Waals surface area contributed by atoms with Gasteiger partial charge in [0, 0.05) is 31.4 Å². The fourth-order valence-corrected chi connectivity index (χ4v) is 3.25. The van der Waals surface area contributed by atoms with Gasteiger partial charge < -0.3 is 15.3 Å². The lowest BCUT2D eigenvalue weighted by molar-refractivity contribution is 0.124. The van der Waals surface area contributed by atoms with Crippen molar-refractivity contribution < 1.29 is 9.90 Å². The van der Waals surface area contributed by atoms with Crippen LogP contribution in [-0.4, -0.2) is 53.2 Å². The van der Waals surface area contributed by atoms with Crippen LogP contribution < -0.4 is 5.32 Å². The number of anilines is 1. The predicted molar refractivity (Wildman–Crippen MR) is 82.3 cm³/mol. The van der Waals surface area contributed by atoms with Gasteiger partial charge in [-0.1, -0.05) is 12.1 Å². The highest BCUT2D eigenvalue weighted by Crippen LogP contribution is 2.22. The summed E-state index contributed by atoms with van der Waals surface area (Å²) in [6.45, 7) is 5.49. The molecule has 2 heterocycles. The van der Waals surface area contributed by atoms with Crippen LogP contribution in [0.3, 0.4) is 0 Å². The van der Waals surface area contributed by atoms with E-state index in [1.54, 1.807) is 6.92 Å². The van der Waals surface area contributed by atoms with Gasteiger partial charge in [-0.2, -0.15) is 0 Å². The summed E-state index contributed by atoms with van der Waals surface area (Å²) in [5.41, 5.74) is 1.56. The van der Waals surface area contributed by atoms with E-state index in [2.05, 4.69) is 10.2 Å². The molecule has 5 nitrogen and oxygen atoms in total. The van der Waals surface area contributed by atoms with Gasteiger partial charge in [-0.3, -0.25) is 4.90 Å². The zero-order valence-electron chi connectivity index (χ0n) is 12.5. The molecule has 2 aliphatic heterocycles. The molecular formula is C16H23N3O2. The average Bonchev–Trinajstić information content (AvgIpc) is 2.94. The minimum Gasteiger partial charge on any atom is -0.389 e. The van der Waals surface area contributed by atoms with Gasteiger partial charge in [-0.25, -0.2) is 4.79 Å². The molecule has 2 unspecified atom stereocenters. The van der Waals surface area contributed by atoms with Crippen LogP contribution in [0.25, 0.3) is 0 Å². The minimum absolute atomic E-state index is 0.0377. The highest BCUT2D eigenvalue weighted by molar-refractivity contribution is 5.89. The van der Waals surface area contributed by atoms with Crippen molar-refractivity contribution in [1.29, 1.82) is 0 Å². The van der Waals surface area contributed by atoms with Crippen LogP contribution in [0.1, 0.15) is 31.4 Å². The number of nitrogens with one attached hydrogen (secondary N) is 1. The van der Waals surface area contributed by atoms with Crippen molar-refractivity contribution in [2.75, 3.05) is 31.5 Å². The van der Waals surface area contributed by atoms with Crippen molar-refractivity contribution in [2.45, 2.75) is 31.9 Å². The van der Waals surface area contributed by atoms with Crippen molar-refractivity contribution >= 4 is 11.7 Å². The van der Waals surface area contributed by atoms with Gasteiger partial charge in [0.25, 0.3) is 0 Å². The summed E-state index contributed by atoms with van der Waals surface area (Å²) < 4.78 is 0. The molecule has 5 heteroatoms. The van der Waals surface area contributed by atoms with E-state index in [1.165, 1.54) is 19.4 Å².